The van der Waals surface area contributed by atoms with Crippen molar-refractivity contribution in [2.24, 2.45) is 0 Å². The number of thiophene rings is 1. The van der Waals surface area contributed by atoms with E-state index in [1.807, 2.05) is 13.8 Å². The molecule has 0 saturated carbocycles. The first-order chi connectivity index (χ1) is 6.99. The first-order valence-corrected chi connectivity index (χ1v) is 5.81. The van der Waals surface area contributed by atoms with Crippen molar-refractivity contribution in [3.63, 3.8) is 0 Å². The summed E-state index contributed by atoms with van der Waals surface area (Å²) < 4.78 is 4.96. The molecule has 0 aromatic carbocycles. The molecule has 3 nitrogen and oxygen atoms in total. The molecule has 0 aliphatic carbocycles. The lowest BCUT2D eigenvalue weighted by atomic mass is 10.3. The Bertz CT molecular complexity index is 325. The van der Waals surface area contributed by atoms with Gasteiger partial charge in [0.05, 0.1) is 12.6 Å². The lowest BCUT2D eigenvalue weighted by Gasteiger charge is -2.08. The third-order valence-electron chi connectivity index (χ3n) is 1.97. The Morgan fingerprint density at radius 1 is 1.53 bits per heavy atom. The molecule has 1 amide bonds. The van der Waals surface area contributed by atoms with Gasteiger partial charge in [0.2, 0.25) is 0 Å². The van der Waals surface area contributed by atoms with E-state index in [0.717, 1.165) is 4.88 Å². The third kappa shape index (κ3) is 3.91. The maximum Gasteiger partial charge on any atom is 0.407 e. The first kappa shape index (κ1) is 12.0. The highest BCUT2D eigenvalue weighted by atomic mass is 32.1. The van der Waals surface area contributed by atoms with E-state index < -0.39 is 0 Å². The van der Waals surface area contributed by atoms with Crippen molar-refractivity contribution in [1.82, 2.24) is 5.32 Å². The van der Waals surface area contributed by atoms with E-state index in [1.54, 1.807) is 11.3 Å². The second-order valence-electron chi connectivity index (χ2n) is 3.76. The molecule has 84 valence electrons. The van der Waals surface area contributed by atoms with Crippen LogP contribution in [0.1, 0.15) is 29.2 Å². The highest BCUT2D eigenvalue weighted by Gasteiger charge is 2.06. The molecular formula is C11H17NO2S. The first-order valence-electron chi connectivity index (χ1n) is 4.99. The fraction of sp³-hybridized carbons (Fsp3) is 0.545. The standard InChI is InChI=1S/C11H17NO2S/c1-7(2)14-11(13)12-6-10-5-8(3)9(4)15-10/h5,7H,6H2,1-4H3,(H,12,13). The van der Waals surface area contributed by atoms with Gasteiger partial charge in [0.25, 0.3) is 0 Å². The summed E-state index contributed by atoms with van der Waals surface area (Å²) in [5, 5.41) is 2.72. The minimum Gasteiger partial charge on any atom is -0.447 e. The summed E-state index contributed by atoms with van der Waals surface area (Å²) in [6, 6.07) is 2.09. The second-order valence-corrected chi connectivity index (χ2v) is 5.10. The van der Waals surface area contributed by atoms with E-state index in [-0.39, 0.29) is 12.2 Å². The van der Waals surface area contributed by atoms with Crippen LogP contribution in [0.4, 0.5) is 4.79 Å². The van der Waals surface area contributed by atoms with Crippen LogP contribution in [0.25, 0.3) is 0 Å². The number of carbonyl (C=O) groups excluding carboxylic acids is 1. The number of nitrogens with one attached hydrogen (secondary N) is 1. The average molecular weight is 227 g/mol. The zero-order chi connectivity index (χ0) is 11.4. The zero-order valence-electron chi connectivity index (χ0n) is 9.59. The lowest BCUT2D eigenvalue weighted by Crippen LogP contribution is -2.25. The van der Waals surface area contributed by atoms with Crippen LogP contribution in [-0.2, 0) is 11.3 Å². The highest BCUT2D eigenvalue weighted by Crippen LogP contribution is 2.20. The van der Waals surface area contributed by atoms with Crippen LogP contribution in [0, 0.1) is 13.8 Å². The van der Waals surface area contributed by atoms with Gasteiger partial charge in [-0.2, -0.15) is 0 Å². The van der Waals surface area contributed by atoms with E-state index in [4.69, 9.17) is 4.74 Å². The van der Waals surface area contributed by atoms with Crippen LogP contribution in [0.5, 0.6) is 0 Å². The van der Waals surface area contributed by atoms with Gasteiger partial charge in [-0.15, -0.1) is 11.3 Å². The van der Waals surface area contributed by atoms with Gasteiger partial charge in [-0.25, -0.2) is 4.79 Å². The smallest absolute Gasteiger partial charge is 0.407 e. The largest absolute Gasteiger partial charge is 0.447 e. The summed E-state index contributed by atoms with van der Waals surface area (Å²) in [4.78, 5) is 13.6. The Kier molecular flexibility index (Phi) is 4.15. The number of carbonyl (C=O) groups is 1. The van der Waals surface area contributed by atoms with Crippen molar-refractivity contribution in [3.05, 3.63) is 21.4 Å². The molecule has 0 aliphatic rings. The molecule has 0 aliphatic heterocycles. The van der Waals surface area contributed by atoms with E-state index >= 15 is 0 Å². The Morgan fingerprint density at radius 2 is 2.20 bits per heavy atom. The Balaban J connectivity index is 2.40. The summed E-state index contributed by atoms with van der Waals surface area (Å²) >= 11 is 1.70. The number of rotatable bonds is 3. The summed E-state index contributed by atoms with van der Waals surface area (Å²) in [6.45, 7) is 8.36. The van der Waals surface area contributed by atoms with Crippen molar-refractivity contribution < 1.29 is 9.53 Å². The molecule has 1 N–H and O–H groups in total. The molecule has 1 heterocycles. The van der Waals surface area contributed by atoms with Gasteiger partial charge in [-0.3, -0.25) is 0 Å². The van der Waals surface area contributed by atoms with E-state index in [1.165, 1.54) is 10.4 Å². The minimum absolute atomic E-state index is 0.0724. The van der Waals surface area contributed by atoms with E-state index in [0.29, 0.717) is 6.54 Å². The van der Waals surface area contributed by atoms with Crippen molar-refractivity contribution in [2.75, 3.05) is 0 Å². The number of hydrogen-bond acceptors (Lipinski definition) is 3. The van der Waals surface area contributed by atoms with Crippen molar-refractivity contribution in [1.29, 1.82) is 0 Å². The minimum atomic E-state index is -0.353. The summed E-state index contributed by atoms with van der Waals surface area (Å²) in [5.41, 5.74) is 1.27. The molecule has 15 heavy (non-hydrogen) atoms. The van der Waals surface area contributed by atoms with Gasteiger partial charge in [0, 0.05) is 9.75 Å². The molecule has 0 radical (unpaired) electrons. The average Bonchev–Trinajstić information content (AvgIpc) is 2.42. The lowest BCUT2D eigenvalue weighted by molar-refractivity contribution is 0.115. The van der Waals surface area contributed by atoms with Crippen molar-refractivity contribution >= 4 is 17.4 Å². The molecule has 4 heteroatoms. The van der Waals surface area contributed by atoms with Crippen LogP contribution < -0.4 is 5.32 Å². The Morgan fingerprint density at radius 3 is 2.67 bits per heavy atom. The summed E-state index contributed by atoms with van der Waals surface area (Å²) in [5.74, 6) is 0. The number of ether oxygens (including phenoxy) is 1. The molecule has 0 bridgehead atoms. The SMILES string of the molecule is Cc1cc(CNC(=O)OC(C)C)sc1C. The zero-order valence-corrected chi connectivity index (χ0v) is 10.4. The van der Waals surface area contributed by atoms with Gasteiger partial charge < -0.3 is 10.1 Å². The van der Waals surface area contributed by atoms with Crippen LogP contribution in [0.2, 0.25) is 0 Å². The molecule has 1 aromatic rings. The second kappa shape index (κ2) is 5.16. The van der Waals surface area contributed by atoms with Crippen LogP contribution in [0.15, 0.2) is 6.07 Å². The number of alkyl carbamates (subject to hydrolysis) is 1. The molecular weight excluding hydrogens is 210 g/mol. The van der Waals surface area contributed by atoms with Gasteiger partial charge in [-0.1, -0.05) is 0 Å². The highest BCUT2D eigenvalue weighted by molar-refractivity contribution is 7.12. The molecule has 0 spiro atoms. The molecule has 1 aromatic heterocycles. The topological polar surface area (TPSA) is 38.3 Å². The molecule has 0 fully saturated rings. The van der Waals surface area contributed by atoms with Crippen molar-refractivity contribution in [3.8, 4) is 0 Å². The maximum atomic E-state index is 11.2. The summed E-state index contributed by atoms with van der Waals surface area (Å²) in [7, 11) is 0. The normalized spacial score (nSPS) is 10.5. The molecule has 0 unspecified atom stereocenters. The van der Waals surface area contributed by atoms with Gasteiger partial charge in [0.1, 0.15) is 0 Å². The van der Waals surface area contributed by atoms with Gasteiger partial charge >= 0.3 is 6.09 Å². The fourth-order valence-electron chi connectivity index (χ4n) is 1.15. The van der Waals surface area contributed by atoms with Crippen LogP contribution in [0.3, 0.4) is 0 Å². The number of hydrogen-bond donors (Lipinski definition) is 1. The van der Waals surface area contributed by atoms with Gasteiger partial charge in [-0.05, 0) is 39.3 Å². The quantitative estimate of drug-likeness (QED) is 0.862. The van der Waals surface area contributed by atoms with E-state index in [2.05, 4.69) is 25.2 Å². The Labute approximate surface area is 94.5 Å². The van der Waals surface area contributed by atoms with Crippen LogP contribution in [-0.4, -0.2) is 12.2 Å². The fourth-order valence-corrected chi connectivity index (χ4v) is 2.15. The van der Waals surface area contributed by atoms with Crippen LogP contribution >= 0.6 is 11.3 Å². The molecule has 0 atom stereocenters. The molecule has 0 saturated heterocycles. The predicted molar refractivity (Wildman–Crippen MR) is 62.2 cm³/mol. The molecule has 1 rings (SSSR count). The van der Waals surface area contributed by atoms with Gasteiger partial charge in [0.15, 0.2) is 0 Å². The van der Waals surface area contributed by atoms with E-state index in [9.17, 15) is 4.79 Å². The third-order valence-corrected chi connectivity index (χ3v) is 3.12. The number of amides is 1. The predicted octanol–water partition coefficient (Wildman–Crippen LogP) is 3.00. The van der Waals surface area contributed by atoms with Crippen molar-refractivity contribution in [2.45, 2.75) is 40.3 Å². The number of aryl methyl sites for hydroxylation is 2. The monoisotopic (exact) mass is 227 g/mol. The summed E-state index contributed by atoms with van der Waals surface area (Å²) in [6.07, 6.45) is -0.425. The Hall–Kier alpha value is -1.03. The maximum absolute atomic E-state index is 11.2.